The lowest BCUT2D eigenvalue weighted by molar-refractivity contribution is 0.0786. The van der Waals surface area contributed by atoms with Gasteiger partial charge in [0.05, 0.1) is 22.1 Å². The van der Waals surface area contributed by atoms with Crippen LogP contribution in [0.3, 0.4) is 0 Å². The van der Waals surface area contributed by atoms with Gasteiger partial charge in [-0.05, 0) is 43.7 Å². The second-order valence-electron chi connectivity index (χ2n) is 7.23. The molecule has 1 aromatic heterocycles. The molecule has 0 unspecified atom stereocenters. The van der Waals surface area contributed by atoms with Crippen LogP contribution in [-0.4, -0.2) is 50.8 Å². The molecule has 1 heterocycles. The number of aryl methyl sites for hydroxylation is 1. The van der Waals surface area contributed by atoms with Gasteiger partial charge < -0.3 is 14.2 Å². The molecule has 3 aromatic rings. The van der Waals surface area contributed by atoms with E-state index < -0.39 is 21.6 Å². The first-order chi connectivity index (χ1) is 15.1. The van der Waals surface area contributed by atoms with Crippen molar-refractivity contribution >= 4 is 27.3 Å². The maximum atomic E-state index is 14.4. The van der Waals surface area contributed by atoms with Crippen molar-refractivity contribution in [3.63, 3.8) is 0 Å². The maximum absolute atomic E-state index is 14.4. The molecule has 0 saturated heterocycles. The van der Waals surface area contributed by atoms with Crippen LogP contribution < -0.4 is 4.74 Å². The van der Waals surface area contributed by atoms with Gasteiger partial charge in [-0.15, -0.1) is 0 Å². The summed E-state index contributed by atoms with van der Waals surface area (Å²) in [7, 11) is -1.72. The Balaban J connectivity index is 1.66. The van der Waals surface area contributed by atoms with Crippen LogP contribution in [0.2, 0.25) is 5.02 Å². The van der Waals surface area contributed by atoms with Crippen LogP contribution >= 0.6 is 11.6 Å². The van der Waals surface area contributed by atoms with Gasteiger partial charge in [-0.3, -0.25) is 4.79 Å². The minimum atomic E-state index is -3.33. The Morgan fingerprint density at radius 1 is 1.25 bits per heavy atom. The molecular weight excluding hydrogens is 459 g/mol. The van der Waals surface area contributed by atoms with Crippen LogP contribution in [0.5, 0.6) is 5.75 Å². The van der Waals surface area contributed by atoms with E-state index >= 15 is 0 Å². The van der Waals surface area contributed by atoms with Gasteiger partial charge in [0.1, 0.15) is 28.6 Å². The molecule has 0 saturated carbocycles. The predicted molar refractivity (Wildman–Crippen MR) is 118 cm³/mol. The molecule has 3 rings (SSSR count). The van der Waals surface area contributed by atoms with Gasteiger partial charge in [-0.25, -0.2) is 12.8 Å². The highest BCUT2D eigenvalue weighted by atomic mass is 35.5. The molecule has 0 spiro atoms. The topological polar surface area (TPSA) is 89.7 Å². The summed E-state index contributed by atoms with van der Waals surface area (Å²) in [5.41, 5.74) is 0.203. The van der Waals surface area contributed by atoms with Gasteiger partial charge >= 0.3 is 0 Å². The van der Waals surface area contributed by atoms with E-state index in [1.807, 2.05) is 0 Å². The number of ether oxygens (including phenoxy) is 1. The van der Waals surface area contributed by atoms with Crippen LogP contribution in [0.25, 0.3) is 11.3 Å². The molecule has 0 N–H and O–H groups in total. The fourth-order valence-corrected chi connectivity index (χ4v) is 4.01. The SMILES string of the molecule is Cc1onc(-c2c(F)cccc2Cl)c1C(=O)N(C)CCCOc1cccc(S(C)(=O)=O)c1. The van der Waals surface area contributed by atoms with E-state index in [-0.39, 0.29) is 39.1 Å². The summed E-state index contributed by atoms with van der Waals surface area (Å²) in [5.74, 6) is -0.317. The van der Waals surface area contributed by atoms with E-state index in [0.717, 1.165) is 6.26 Å². The third-order valence-electron chi connectivity index (χ3n) is 4.76. The summed E-state index contributed by atoms with van der Waals surface area (Å²) in [5, 5.41) is 3.98. The van der Waals surface area contributed by atoms with E-state index in [2.05, 4.69) is 5.16 Å². The second kappa shape index (κ2) is 9.70. The monoisotopic (exact) mass is 480 g/mol. The standard InChI is InChI=1S/C22H22ClFN2O5S/c1-14-19(21(25-31-14)20-17(23)9-5-10-18(20)24)22(27)26(2)11-6-12-30-15-7-4-8-16(13-15)32(3,28)29/h4-5,7-10,13H,6,11-12H2,1-3H3. The number of hydrogen-bond acceptors (Lipinski definition) is 6. The van der Waals surface area contributed by atoms with Gasteiger partial charge in [-0.1, -0.05) is 28.9 Å². The number of carbonyl (C=O) groups is 1. The van der Waals surface area contributed by atoms with Gasteiger partial charge in [0.15, 0.2) is 9.84 Å². The second-order valence-corrected chi connectivity index (χ2v) is 9.66. The van der Waals surface area contributed by atoms with Crippen LogP contribution in [0.15, 0.2) is 51.9 Å². The quantitative estimate of drug-likeness (QED) is 0.444. The fourth-order valence-electron chi connectivity index (χ4n) is 3.10. The Morgan fingerprint density at radius 3 is 2.66 bits per heavy atom. The van der Waals surface area contributed by atoms with E-state index in [0.29, 0.717) is 18.7 Å². The summed E-state index contributed by atoms with van der Waals surface area (Å²) in [6, 6.07) is 10.4. The highest BCUT2D eigenvalue weighted by Crippen LogP contribution is 2.33. The van der Waals surface area contributed by atoms with E-state index in [1.54, 1.807) is 26.1 Å². The molecule has 2 aromatic carbocycles. The average Bonchev–Trinajstić information content (AvgIpc) is 3.11. The Kier molecular flexibility index (Phi) is 7.20. The summed E-state index contributed by atoms with van der Waals surface area (Å²) < 4.78 is 48.4. The molecule has 10 heteroatoms. The Bertz CT molecular complexity index is 1220. The van der Waals surface area contributed by atoms with Crippen molar-refractivity contribution in [2.75, 3.05) is 26.5 Å². The largest absolute Gasteiger partial charge is 0.493 e. The van der Waals surface area contributed by atoms with E-state index in [1.165, 1.54) is 35.2 Å². The first kappa shape index (κ1) is 23.7. The number of carbonyl (C=O) groups excluding carboxylic acids is 1. The Labute approximate surface area is 190 Å². The highest BCUT2D eigenvalue weighted by molar-refractivity contribution is 7.90. The van der Waals surface area contributed by atoms with Crippen molar-refractivity contribution in [3.05, 3.63) is 64.6 Å². The molecule has 32 heavy (non-hydrogen) atoms. The van der Waals surface area contributed by atoms with E-state index in [9.17, 15) is 17.6 Å². The number of aromatic nitrogens is 1. The van der Waals surface area contributed by atoms with Crippen molar-refractivity contribution in [2.24, 2.45) is 0 Å². The minimum absolute atomic E-state index is 0.0110. The molecule has 0 aliphatic heterocycles. The first-order valence-electron chi connectivity index (χ1n) is 9.68. The third kappa shape index (κ3) is 5.28. The molecular formula is C22H22ClFN2O5S. The van der Waals surface area contributed by atoms with Gasteiger partial charge in [-0.2, -0.15) is 0 Å². The van der Waals surface area contributed by atoms with Gasteiger partial charge in [0, 0.05) is 19.8 Å². The lowest BCUT2D eigenvalue weighted by Gasteiger charge is -2.17. The van der Waals surface area contributed by atoms with Gasteiger partial charge in [0.2, 0.25) is 0 Å². The molecule has 1 amide bonds. The smallest absolute Gasteiger partial charge is 0.259 e. The number of benzene rings is 2. The normalized spacial score (nSPS) is 11.4. The van der Waals surface area contributed by atoms with Crippen molar-refractivity contribution in [1.29, 1.82) is 0 Å². The summed E-state index contributed by atoms with van der Waals surface area (Å²) in [6.45, 7) is 2.17. The van der Waals surface area contributed by atoms with Crippen LogP contribution in [0.1, 0.15) is 22.5 Å². The lowest BCUT2D eigenvalue weighted by Crippen LogP contribution is -2.29. The van der Waals surface area contributed by atoms with Crippen molar-refractivity contribution in [3.8, 4) is 17.0 Å². The van der Waals surface area contributed by atoms with Crippen LogP contribution in [0.4, 0.5) is 4.39 Å². The molecule has 7 nitrogen and oxygen atoms in total. The summed E-state index contributed by atoms with van der Waals surface area (Å²) in [4.78, 5) is 14.6. The third-order valence-corrected chi connectivity index (χ3v) is 6.19. The van der Waals surface area contributed by atoms with E-state index in [4.69, 9.17) is 20.9 Å². The number of nitrogens with zero attached hydrogens (tertiary/aromatic N) is 2. The van der Waals surface area contributed by atoms with Crippen molar-refractivity contribution in [2.45, 2.75) is 18.2 Å². The Morgan fingerprint density at radius 2 is 1.97 bits per heavy atom. The molecule has 0 fully saturated rings. The minimum Gasteiger partial charge on any atom is -0.493 e. The van der Waals surface area contributed by atoms with Crippen molar-refractivity contribution in [1.82, 2.24) is 10.1 Å². The molecule has 0 aliphatic carbocycles. The number of halogens is 2. The zero-order valence-corrected chi connectivity index (χ0v) is 19.3. The highest BCUT2D eigenvalue weighted by Gasteiger charge is 2.27. The number of amides is 1. The molecule has 0 aliphatic rings. The average molecular weight is 481 g/mol. The zero-order valence-electron chi connectivity index (χ0n) is 17.8. The number of rotatable bonds is 8. The molecule has 0 bridgehead atoms. The zero-order chi connectivity index (χ0) is 23.5. The molecule has 0 atom stereocenters. The predicted octanol–water partition coefficient (Wildman–Crippen LogP) is 4.39. The number of sulfone groups is 1. The summed E-state index contributed by atoms with van der Waals surface area (Å²) >= 11 is 6.13. The number of hydrogen-bond donors (Lipinski definition) is 0. The fraction of sp³-hybridized carbons (Fsp3) is 0.273. The first-order valence-corrected chi connectivity index (χ1v) is 12.0. The Hall–Kier alpha value is -2.91. The molecule has 0 radical (unpaired) electrons. The molecule has 170 valence electrons. The van der Waals surface area contributed by atoms with Gasteiger partial charge in [0.25, 0.3) is 5.91 Å². The summed E-state index contributed by atoms with van der Waals surface area (Å²) in [6.07, 6.45) is 1.60. The maximum Gasteiger partial charge on any atom is 0.259 e. The van der Waals surface area contributed by atoms with Crippen LogP contribution in [0, 0.1) is 12.7 Å². The van der Waals surface area contributed by atoms with Crippen molar-refractivity contribution < 1.29 is 26.9 Å². The lowest BCUT2D eigenvalue weighted by atomic mass is 10.0. The van der Waals surface area contributed by atoms with Crippen LogP contribution in [-0.2, 0) is 9.84 Å².